The van der Waals surface area contributed by atoms with Crippen molar-refractivity contribution in [2.24, 2.45) is 0 Å². The van der Waals surface area contributed by atoms with Crippen LogP contribution in [0.4, 0.5) is 10.1 Å². The van der Waals surface area contributed by atoms with Gasteiger partial charge in [-0.15, -0.1) is 0 Å². The Morgan fingerprint density at radius 3 is 2.39 bits per heavy atom. The van der Waals surface area contributed by atoms with E-state index in [1.165, 1.54) is 12.4 Å². The minimum atomic E-state index is -0.878. The number of aromatic nitrogens is 2. The van der Waals surface area contributed by atoms with Gasteiger partial charge in [-0.2, -0.15) is 0 Å². The van der Waals surface area contributed by atoms with Crippen LogP contribution in [-0.4, -0.2) is 57.0 Å². The molecule has 33 heavy (non-hydrogen) atoms. The molecule has 0 saturated carbocycles. The summed E-state index contributed by atoms with van der Waals surface area (Å²) in [5, 5.41) is 23.2. The first kappa shape index (κ1) is 24.1. The van der Waals surface area contributed by atoms with E-state index in [9.17, 15) is 18.8 Å². The number of aliphatic hydroxyl groups excluding tert-OH is 2. The minimum absolute atomic E-state index is 0.0279. The Morgan fingerprint density at radius 2 is 1.76 bits per heavy atom. The zero-order chi connectivity index (χ0) is 24.0. The van der Waals surface area contributed by atoms with Crippen LogP contribution < -0.4 is 10.6 Å². The van der Waals surface area contributed by atoms with E-state index >= 15 is 0 Å². The number of nitrogens with zero attached hydrogens (tertiary/aromatic N) is 1. The number of rotatable bonds is 9. The minimum Gasteiger partial charge on any atom is -0.394 e. The molecule has 0 unspecified atom stereocenters. The van der Waals surface area contributed by atoms with E-state index in [4.69, 9.17) is 21.8 Å². The molecule has 2 amide bonds. The normalized spacial score (nSPS) is 10.8. The molecule has 0 aliphatic heterocycles. The van der Waals surface area contributed by atoms with Gasteiger partial charge < -0.3 is 25.8 Å². The van der Waals surface area contributed by atoms with Gasteiger partial charge in [-0.1, -0.05) is 23.7 Å². The van der Waals surface area contributed by atoms with Crippen LogP contribution in [0.5, 0.6) is 0 Å². The summed E-state index contributed by atoms with van der Waals surface area (Å²) in [6.45, 7) is -0.944. The highest BCUT2D eigenvalue weighted by Gasteiger charge is 2.22. The van der Waals surface area contributed by atoms with E-state index in [1.54, 1.807) is 24.3 Å². The lowest BCUT2D eigenvalue weighted by atomic mass is 10.0. The fourth-order valence-corrected chi connectivity index (χ4v) is 3.21. The van der Waals surface area contributed by atoms with Crippen LogP contribution in [0.2, 0.25) is 5.02 Å². The summed E-state index contributed by atoms with van der Waals surface area (Å²) >= 11 is 5.93. The fraction of sp³-hybridized carbons (Fsp3) is 0.182. The standard InChI is InChI=1S/C22H20ClFN4O5/c23-17-8-13(24)3-6-16(17)18(31)7-12-1-4-14(5-2-12)27-21(32)19-20(26-11-25-19)22(33)28-15(9-29)10-30/h1-6,8,11,15,29-30H,7,9-10H2,(H,25,26)(H,27,32)(H,28,33). The van der Waals surface area contributed by atoms with Crippen molar-refractivity contribution in [1.29, 1.82) is 0 Å². The van der Waals surface area contributed by atoms with Gasteiger partial charge in [0.1, 0.15) is 11.5 Å². The number of Topliss-reactive ketones (excluding diaryl/α,β-unsaturated/α-hetero) is 1. The van der Waals surface area contributed by atoms with Crippen molar-refractivity contribution in [2.45, 2.75) is 12.5 Å². The molecule has 3 aromatic rings. The van der Waals surface area contributed by atoms with E-state index < -0.39 is 36.9 Å². The quantitative estimate of drug-likeness (QED) is 0.300. The molecule has 0 aliphatic carbocycles. The lowest BCUT2D eigenvalue weighted by Gasteiger charge is -2.13. The third kappa shape index (κ3) is 6.01. The van der Waals surface area contributed by atoms with Gasteiger partial charge in [-0.05, 0) is 35.9 Å². The molecule has 1 aromatic heterocycles. The first-order valence-electron chi connectivity index (χ1n) is 9.76. The zero-order valence-corrected chi connectivity index (χ0v) is 17.9. The number of carbonyl (C=O) groups is 3. The number of carbonyl (C=O) groups excluding carboxylic acids is 3. The second kappa shape index (κ2) is 10.8. The number of aromatic amines is 1. The van der Waals surface area contributed by atoms with Gasteiger partial charge >= 0.3 is 0 Å². The molecule has 3 rings (SSSR count). The summed E-state index contributed by atoms with van der Waals surface area (Å²) in [5.74, 6) is -2.18. The van der Waals surface area contributed by atoms with Gasteiger partial charge in [-0.3, -0.25) is 14.4 Å². The summed E-state index contributed by atoms with van der Waals surface area (Å²) in [4.78, 5) is 43.7. The monoisotopic (exact) mass is 474 g/mol. The van der Waals surface area contributed by atoms with Crippen LogP contribution in [0.1, 0.15) is 36.9 Å². The first-order chi connectivity index (χ1) is 15.8. The molecule has 1 heterocycles. The van der Waals surface area contributed by atoms with Gasteiger partial charge in [0.25, 0.3) is 11.8 Å². The van der Waals surface area contributed by atoms with E-state index in [-0.39, 0.29) is 34.2 Å². The van der Waals surface area contributed by atoms with Crippen molar-refractivity contribution in [1.82, 2.24) is 15.3 Å². The maximum atomic E-state index is 13.2. The van der Waals surface area contributed by atoms with Crippen LogP contribution in [0.3, 0.4) is 0 Å². The zero-order valence-electron chi connectivity index (χ0n) is 17.1. The molecule has 0 spiro atoms. The highest BCUT2D eigenvalue weighted by Crippen LogP contribution is 2.20. The molecule has 0 aliphatic rings. The fourth-order valence-electron chi connectivity index (χ4n) is 2.94. The molecule has 2 aromatic carbocycles. The molecule has 0 atom stereocenters. The van der Waals surface area contributed by atoms with E-state index in [2.05, 4.69) is 20.6 Å². The van der Waals surface area contributed by atoms with Gasteiger partial charge in [0.05, 0.1) is 30.6 Å². The predicted octanol–water partition coefficient (Wildman–Crippen LogP) is 1.96. The molecule has 9 nitrogen and oxygen atoms in total. The average Bonchev–Trinajstić information content (AvgIpc) is 3.29. The molecular formula is C22H20ClFN4O5. The van der Waals surface area contributed by atoms with Crippen molar-refractivity contribution < 1.29 is 29.0 Å². The average molecular weight is 475 g/mol. The van der Waals surface area contributed by atoms with Gasteiger partial charge in [0, 0.05) is 17.7 Å². The smallest absolute Gasteiger partial charge is 0.276 e. The number of imidazole rings is 1. The number of hydrogen-bond acceptors (Lipinski definition) is 6. The Morgan fingerprint density at radius 1 is 1.06 bits per heavy atom. The SMILES string of the molecule is O=C(Cc1ccc(NC(=O)c2nc[nH]c2C(=O)NC(CO)CO)cc1)c1ccc(F)cc1Cl. The van der Waals surface area contributed by atoms with Crippen molar-refractivity contribution in [3.05, 3.63) is 82.1 Å². The molecular weight excluding hydrogens is 455 g/mol. The number of anilines is 1. The van der Waals surface area contributed by atoms with Crippen molar-refractivity contribution >= 4 is 34.9 Å². The van der Waals surface area contributed by atoms with E-state index in [1.807, 2.05) is 0 Å². The van der Waals surface area contributed by atoms with Crippen molar-refractivity contribution in [2.75, 3.05) is 18.5 Å². The second-order valence-corrected chi connectivity index (χ2v) is 7.44. The summed E-state index contributed by atoms with van der Waals surface area (Å²) < 4.78 is 13.2. The Labute approximate surface area is 192 Å². The molecule has 0 saturated heterocycles. The molecule has 172 valence electrons. The molecule has 11 heteroatoms. The number of H-pyrrole nitrogens is 1. The molecule has 0 bridgehead atoms. The number of aliphatic hydroxyl groups is 2. The summed E-state index contributed by atoms with van der Waals surface area (Å²) in [5.41, 5.74) is 0.959. The summed E-state index contributed by atoms with van der Waals surface area (Å²) in [6, 6.07) is 9.11. The van der Waals surface area contributed by atoms with Crippen LogP contribution in [-0.2, 0) is 6.42 Å². The largest absolute Gasteiger partial charge is 0.394 e. The van der Waals surface area contributed by atoms with Crippen LogP contribution in [0.25, 0.3) is 0 Å². The third-order valence-corrected chi connectivity index (χ3v) is 4.98. The Kier molecular flexibility index (Phi) is 7.88. The lowest BCUT2D eigenvalue weighted by Crippen LogP contribution is -2.40. The summed E-state index contributed by atoms with van der Waals surface area (Å²) in [6.07, 6.45) is 1.20. The topological polar surface area (TPSA) is 144 Å². The highest BCUT2D eigenvalue weighted by molar-refractivity contribution is 6.34. The Hall–Kier alpha value is -3.60. The van der Waals surface area contributed by atoms with Gasteiger partial charge in [0.2, 0.25) is 0 Å². The number of nitrogens with one attached hydrogen (secondary N) is 3. The maximum absolute atomic E-state index is 13.2. The van der Waals surface area contributed by atoms with Gasteiger partial charge in [-0.25, -0.2) is 9.37 Å². The number of benzene rings is 2. The summed E-state index contributed by atoms with van der Waals surface area (Å²) in [7, 11) is 0. The number of ketones is 1. The van der Waals surface area contributed by atoms with E-state index in [0.29, 0.717) is 11.3 Å². The lowest BCUT2D eigenvalue weighted by molar-refractivity contribution is 0.0868. The van der Waals surface area contributed by atoms with Crippen molar-refractivity contribution in [3.8, 4) is 0 Å². The number of amides is 2. The molecule has 0 fully saturated rings. The Balaban J connectivity index is 1.65. The van der Waals surface area contributed by atoms with Crippen LogP contribution in [0, 0.1) is 5.82 Å². The second-order valence-electron chi connectivity index (χ2n) is 7.04. The maximum Gasteiger partial charge on any atom is 0.276 e. The highest BCUT2D eigenvalue weighted by atomic mass is 35.5. The van der Waals surface area contributed by atoms with Gasteiger partial charge in [0.15, 0.2) is 11.5 Å². The molecule has 5 N–H and O–H groups in total. The number of halogens is 2. The third-order valence-electron chi connectivity index (χ3n) is 4.67. The molecule has 0 radical (unpaired) electrons. The Bertz CT molecular complexity index is 1160. The van der Waals surface area contributed by atoms with Crippen LogP contribution in [0.15, 0.2) is 48.8 Å². The number of hydrogen-bond donors (Lipinski definition) is 5. The van der Waals surface area contributed by atoms with Crippen LogP contribution >= 0.6 is 11.6 Å². The first-order valence-corrected chi connectivity index (χ1v) is 10.1. The predicted molar refractivity (Wildman–Crippen MR) is 118 cm³/mol. The van der Waals surface area contributed by atoms with E-state index in [0.717, 1.165) is 12.1 Å². The van der Waals surface area contributed by atoms with Crippen molar-refractivity contribution in [3.63, 3.8) is 0 Å².